The molecule has 0 bridgehead atoms. The summed E-state index contributed by atoms with van der Waals surface area (Å²) in [6, 6.07) is 5.12. The Kier molecular flexibility index (Phi) is 5.35. The van der Waals surface area contributed by atoms with Crippen molar-refractivity contribution in [3.8, 4) is 5.75 Å². The maximum atomic E-state index is 12.7. The number of nitrogens with one attached hydrogen (secondary N) is 1. The average Bonchev–Trinajstić information content (AvgIpc) is 2.62. The predicted molar refractivity (Wildman–Crippen MR) is 88.0 cm³/mol. The first-order valence-corrected chi connectivity index (χ1v) is 8.68. The van der Waals surface area contributed by atoms with Crippen LogP contribution in [0.3, 0.4) is 0 Å². The van der Waals surface area contributed by atoms with Crippen LogP contribution in [0.2, 0.25) is 0 Å². The van der Waals surface area contributed by atoms with E-state index in [0.717, 1.165) is 31.2 Å². The van der Waals surface area contributed by atoms with Gasteiger partial charge in [0.25, 0.3) is 5.91 Å². The summed E-state index contributed by atoms with van der Waals surface area (Å²) >= 11 is 0. The second-order valence-corrected chi connectivity index (χ2v) is 6.52. The third-order valence-corrected chi connectivity index (χ3v) is 4.97. The standard InChI is InChI=1S/C18H24N2O4/c21-17(19-23)15-7-6-13-8-9-20(10-11-24-16(13)12-15)18(22)14-4-2-1-3-5-14/h6-7,12,14,23H,1-5,8-11H2,(H,19,21). The molecule has 1 aromatic rings. The monoisotopic (exact) mass is 332 g/mol. The van der Waals surface area contributed by atoms with E-state index in [4.69, 9.17) is 9.94 Å². The van der Waals surface area contributed by atoms with Gasteiger partial charge in [-0.15, -0.1) is 0 Å². The van der Waals surface area contributed by atoms with E-state index in [2.05, 4.69) is 0 Å². The molecule has 0 atom stereocenters. The zero-order valence-corrected chi connectivity index (χ0v) is 13.8. The number of carbonyl (C=O) groups is 2. The van der Waals surface area contributed by atoms with Gasteiger partial charge in [-0.05, 0) is 37.0 Å². The quantitative estimate of drug-likeness (QED) is 0.642. The van der Waals surface area contributed by atoms with Gasteiger partial charge < -0.3 is 9.64 Å². The first-order chi connectivity index (χ1) is 11.7. The van der Waals surface area contributed by atoms with Crippen LogP contribution in [0, 0.1) is 5.92 Å². The van der Waals surface area contributed by atoms with E-state index in [0.29, 0.717) is 37.4 Å². The van der Waals surface area contributed by atoms with Crippen LogP contribution in [0.4, 0.5) is 0 Å². The summed E-state index contributed by atoms with van der Waals surface area (Å²) < 4.78 is 5.78. The highest BCUT2D eigenvalue weighted by atomic mass is 16.5. The molecular weight excluding hydrogens is 308 g/mol. The third-order valence-electron chi connectivity index (χ3n) is 4.97. The van der Waals surface area contributed by atoms with Crippen molar-refractivity contribution in [2.75, 3.05) is 19.7 Å². The first kappa shape index (κ1) is 16.8. The van der Waals surface area contributed by atoms with Gasteiger partial charge in [-0.25, -0.2) is 5.48 Å². The van der Waals surface area contributed by atoms with E-state index < -0.39 is 5.91 Å². The van der Waals surface area contributed by atoms with Gasteiger partial charge in [0, 0.05) is 18.0 Å². The lowest BCUT2D eigenvalue weighted by atomic mass is 9.88. The van der Waals surface area contributed by atoms with E-state index in [1.165, 1.54) is 6.42 Å². The molecule has 1 aliphatic carbocycles. The van der Waals surface area contributed by atoms with Crippen LogP contribution in [0.1, 0.15) is 48.0 Å². The molecule has 0 aromatic heterocycles. The number of nitrogens with zero attached hydrogens (tertiary/aromatic N) is 1. The fourth-order valence-electron chi connectivity index (χ4n) is 3.56. The maximum Gasteiger partial charge on any atom is 0.274 e. The highest BCUT2D eigenvalue weighted by Gasteiger charge is 2.27. The summed E-state index contributed by atoms with van der Waals surface area (Å²) in [5.74, 6) is 0.532. The van der Waals surface area contributed by atoms with E-state index in [9.17, 15) is 9.59 Å². The van der Waals surface area contributed by atoms with Crippen LogP contribution in [0.5, 0.6) is 5.75 Å². The SMILES string of the molecule is O=C(NO)c1ccc2c(c1)OCCN(C(=O)C1CCCCC1)CC2. The number of amides is 2. The Bertz CT molecular complexity index is 611. The van der Waals surface area contributed by atoms with Crippen molar-refractivity contribution in [2.24, 2.45) is 5.92 Å². The molecule has 0 unspecified atom stereocenters. The molecule has 130 valence electrons. The topological polar surface area (TPSA) is 78.9 Å². The van der Waals surface area contributed by atoms with Crippen molar-refractivity contribution in [3.63, 3.8) is 0 Å². The van der Waals surface area contributed by atoms with Crippen molar-refractivity contribution < 1.29 is 19.5 Å². The van der Waals surface area contributed by atoms with Crippen LogP contribution >= 0.6 is 0 Å². The summed E-state index contributed by atoms with van der Waals surface area (Å²) in [5.41, 5.74) is 2.96. The van der Waals surface area contributed by atoms with Gasteiger partial charge >= 0.3 is 0 Å². The Hall–Kier alpha value is -2.08. The van der Waals surface area contributed by atoms with Crippen molar-refractivity contribution >= 4 is 11.8 Å². The third kappa shape index (κ3) is 3.70. The number of hydrogen-bond acceptors (Lipinski definition) is 4. The van der Waals surface area contributed by atoms with Crippen molar-refractivity contribution in [2.45, 2.75) is 38.5 Å². The van der Waals surface area contributed by atoms with Gasteiger partial charge in [0.05, 0.1) is 6.54 Å². The second kappa shape index (κ2) is 7.66. The van der Waals surface area contributed by atoms with Gasteiger partial charge in [0.2, 0.25) is 5.91 Å². The minimum absolute atomic E-state index is 0.174. The summed E-state index contributed by atoms with van der Waals surface area (Å²) in [6.07, 6.45) is 6.26. The highest BCUT2D eigenvalue weighted by molar-refractivity contribution is 5.93. The molecule has 6 nitrogen and oxygen atoms in total. The van der Waals surface area contributed by atoms with Crippen LogP contribution in [-0.4, -0.2) is 41.6 Å². The molecule has 0 radical (unpaired) electrons. The number of carbonyl (C=O) groups excluding carboxylic acids is 2. The Balaban J connectivity index is 1.68. The molecule has 1 fully saturated rings. The summed E-state index contributed by atoms with van der Waals surface area (Å²) in [5, 5.41) is 8.73. The molecule has 1 aromatic carbocycles. The summed E-state index contributed by atoms with van der Waals surface area (Å²) in [7, 11) is 0. The van der Waals surface area contributed by atoms with E-state index in [1.807, 2.05) is 11.0 Å². The molecular formula is C18H24N2O4. The van der Waals surface area contributed by atoms with Crippen LogP contribution < -0.4 is 10.2 Å². The Morgan fingerprint density at radius 3 is 2.71 bits per heavy atom. The molecule has 1 heterocycles. The molecule has 2 N–H and O–H groups in total. The Morgan fingerprint density at radius 2 is 1.96 bits per heavy atom. The molecule has 2 aliphatic rings. The minimum atomic E-state index is -0.558. The van der Waals surface area contributed by atoms with E-state index in [1.54, 1.807) is 17.6 Å². The lowest BCUT2D eigenvalue weighted by Gasteiger charge is -2.31. The predicted octanol–water partition coefficient (Wildman–Crippen LogP) is 2.15. The number of benzene rings is 1. The fraction of sp³-hybridized carbons (Fsp3) is 0.556. The van der Waals surface area contributed by atoms with Gasteiger partial charge in [0.15, 0.2) is 0 Å². The molecule has 0 saturated heterocycles. The number of rotatable bonds is 2. The molecule has 2 amide bonds. The molecule has 3 rings (SSSR count). The van der Waals surface area contributed by atoms with Gasteiger partial charge in [-0.2, -0.15) is 0 Å². The molecule has 1 aliphatic heterocycles. The number of ether oxygens (including phenoxy) is 1. The molecule has 24 heavy (non-hydrogen) atoms. The normalized spacial score (nSPS) is 18.8. The number of hydrogen-bond donors (Lipinski definition) is 2. The number of hydroxylamine groups is 1. The Labute approximate surface area is 141 Å². The second-order valence-electron chi connectivity index (χ2n) is 6.52. The molecule has 6 heteroatoms. The zero-order chi connectivity index (χ0) is 16.9. The average molecular weight is 332 g/mol. The largest absolute Gasteiger partial charge is 0.491 e. The first-order valence-electron chi connectivity index (χ1n) is 8.68. The lowest BCUT2D eigenvalue weighted by Crippen LogP contribution is -2.41. The minimum Gasteiger partial charge on any atom is -0.491 e. The van der Waals surface area contributed by atoms with Crippen molar-refractivity contribution in [1.82, 2.24) is 10.4 Å². The van der Waals surface area contributed by atoms with Crippen LogP contribution in [0.25, 0.3) is 0 Å². The van der Waals surface area contributed by atoms with E-state index >= 15 is 0 Å². The fourth-order valence-corrected chi connectivity index (χ4v) is 3.56. The summed E-state index contributed by atoms with van der Waals surface area (Å²) in [4.78, 5) is 26.1. The molecule has 0 spiro atoms. The maximum absolute atomic E-state index is 12.7. The van der Waals surface area contributed by atoms with Crippen LogP contribution in [-0.2, 0) is 11.2 Å². The zero-order valence-electron chi connectivity index (χ0n) is 13.8. The van der Waals surface area contributed by atoms with Gasteiger partial charge in [0.1, 0.15) is 12.4 Å². The van der Waals surface area contributed by atoms with Gasteiger partial charge in [-0.1, -0.05) is 25.3 Å². The molecule has 1 saturated carbocycles. The smallest absolute Gasteiger partial charge is 0.274 e. The van der Waals surface area contributed by atoms with Gasteiger partial charge in [-0.3, -0.25) is 14.8 Å². The van der Waals surface area contributed by atoms with Crippen molar-refractivity contribution in [1.29, 1.82) is 0 Å². The number of fused-ring (bicyclic) bond motifs is 1. The Morgan fingerprint density at radius 1 is 1.17 bits per heavy atom. The highest BCUT2D eigenvalue weighted by Crippen LogP contribution is 2.27. The van der Waals surface area contributed by atoms with E-state index in [-0.39, 0.29) is 11.8 Å². The summed E-state index contributed by atoms with van der Waals surface area (Å²) in [6.45, 7) is 1.66. The lowest BCUT2D eigenvalue weighted by molar-refractivity contribution is -0.137. The van der Waals surface area contributed by atoms with Crippen molar-refractivity contribution in [3.05, 3.63) is 29.3 Å². The van der Waals surface area contributed by atoms with Crippen LogP contribution in [0.15, 0.2) is 18.2 Å².